The maximum Gasteiger partial charge on any atom is 0.519 e. The Balaban J connectivity index is 1.55. The van der Waals surface area contributed by atoms with E-state index in [2.05, 4.69) is 64.9 Å². The Labute approximate surface area is 247 Å². The summed E-state index contributed by atoms with van der Waals surface area (Å²) in [5.74, 6) is -0.706. The van der Waals surface area contributed by atoms with E-state index in [1.165, 1.54) is 48.9 Å². The van der Waals surface area contributed by atoms with Crippen LogP contribution in [0.5, 0.6) is 0 Å². The zero-order chi connectivity index (χ0) is 30.2. The summed E-state index contributed by atoms with van der Waals surface area (Å²) in [6, 6.07) is 25.4. The molecule has 3 aromatic rings. The van der Waals surface area contributed by atoms with Crippen molar-refractivity contribution in [1.82, 2.24) is 0 Å². The molecule has 0 amide bonds. The first-order valence-electron chi connectivity index (χ1n) is 14.9. The first kappa shape index (κ1) is 32.9. The number of esters is 1. The lowest BCUT2D eigenvalue weighted by molar-refractivity contribution is -0.0655. The Hall–Kier alpha value is -3.61. The number of benzene rings is 3. The van der Waals surface area contributed by atoms with Gasteiger partial charge in [-0.15, -0.1) is 0 Å². The Morgan fingerprint density at radius 2 is 1.26 bits per heavy atom. The molecule has 3 rings (SSSR count). The van der Waals surface area contributed by atoms with Crippen molar-refractivity contribution in [2.24, 2.45) is 0 Å². The molecule has 226 valence electrons. The summed E-state index contributed by atoms with van der Waals surface area (Å²) in [6.45, 7) is 1.77. The van der Waals surface area contributed by atoms with Crippen LogP contribution in [0, 0.1) is 0 Å². The predicted molar refractivity (Wildman–Crippen MR) is 160 cm³/mol. The minimum atomic E-state index is -2.55. The molecule has 3 atom stereocenters. The summed E-state index contributed by atoms with van der Waals surface area (Å²) in [4.78, 5) is 24.2. The first-order chi connectivity index (χ1) is 20.4. The highest BCUT2D eigenvalue weighted by atomic mass is 19.2. The van der Waals surface area contributed by atoms with Gasteiger partial charge in [-0.05, 0) is 53.6 Å². The van der Waals surface area contributed by atoms with E-state index >= 15 is 0 Å². The van der Waals surface area contributed by atoms with Crippen molar-refractivity contribution in [2.75, 3.05) is 6.67 Å². The van der Waals surface area contributed by atoms with Gasteiger partial charge in [0.15, 0.2) is 6.17 Å². The van der Waals surface area contributed by atoms with E-state index in [-0.39, 0.29) is 12.0 Å². The van der Waals surface area contributed by atoms with Gasteiger partial charge in [0.05, 0.1) is 12.2 Å². The van der Waals surface area contributed by atoms with E-state index < -0.39 is 31.3 Å². The molecule has 0 aliphatic carbocycles. The minimum Gasteiger partial charge on any atom is -0.396 e. The van der Waals surface area contributed by atoms with Crippen LogP contribution in [0.2, 0.25) is 0 Å². The second-order valence-electron chi connectivity index (χ2n) is 10.5. The van der Waals surface area contributed by atoms with E-state index in [0.717, 1.165) is 17.5 Å². The van der Waals surface area contributed by atoms with Gasteiger partial charge in [-0.3, -0.25) is 4.39 Å². The van der Waals surface area contributed by atoms with Crippen molar-refractivity contribution in [3.63, 3.8) is 0 Å². The zero-order valence-electron chi connectivity index (χ0n) is 24.3. The number of hydrogen-bond acceptors (Lipinski definition) is 4. The standard InChI is InChI=1S/C35H41F3O4/c1-2-3-4-10-15-31(28-13-8-7-9-14-28)29-21-17-26(18-22-29)27-19-23-30(24-20-27)34(39)42-35(40)41-33(38)32(37)16-11-5-6-12-25-36/h7-9,13-14,17-24,31-33H,2-6,10-12,15-16,25H2,1H3. The molecule has 0 spiro atoms. The van der Waals surface area contributed by atoms with Crippen LogP contribution in [0.1, 0.15) is 98.5 Å². The smallest absolute Gasteiger partial charge is 0.396 e. The molecule has 3 unspecified atom stereocenters. The number of carbonyl (C=O) groups excluding carboxylic acids is 2. The fourth-order valence-electron chi connectivity index (χ4n) is 4.94. The van der Waals surface area contributed by atoms with Crippen LogP contribution < -0.4 is 0 Å². The summed E-state index contributed by atoms with van der Waals surface area (Å²) in [5.41, 5.74) is 4.46. The van der Waals surface area contributed by atoms with Gasteiger partial charge in [-0.1, -0.05) is 119 Å². The fraction of sp³-hybridized carbons (Fsp3) is 0.429. The molecule has 0 radical (unpaired) electrons. The molecule has 0 saturated heterocycles. The van der Waals surface area contributed by atoms with E-state index in [4.69, 9.17) is 0 Å². The summed E-state index contributed by atoms with van der Waals surface area (Å²) in [5, 5.41) is 0. The number of rotatable bonds is 17. The molecule has 0 N–H and O–H groups in total. The van der Waals surface area contributed by atoms with E-state index in [9.17, 15) is 22.8 Å². The molecular weight excluding hydrogens is 541 g/mol. The van der Waals surface area contributed by atoms with Crippen molar-refractivity contribution >= 4 is 12.1 Å². The highest BCUT2D eigenvalue weighted by Crippen LogP contribution is 2.32. The van der Waals surface area contributed by atoms with Gasteiger partial charge in [0, 0.05) is 5.92 Å². The lowest BCUT2D eigenvalue weighted by Crippen LogP contribution is -2.26. The SMILES string of the molecule is CCCCCCC(c1ccccc1)c1ccc(-c2ccc(C(=O)OC(=O)OC(F)C(F)CCCCCCF)cc2)cc1. The summed E-state index contributed by atoms with van der Waals surface area (Å²) < 4.78 is 48.7. The van der Waals surface area contributed by atoms with Crippen LogP contribution in [-0.4, -0.2) is 31.3 Å². The number of carbonyl (C=O) groups is 2. The number of hydrogen-bond donors (Lipinski definition) is 0. The Morgan fingerprint density at radius 1 is 0.690 bits per heavy atom. The van der Waals surface area contributed by atoms with E-state index in [0.29, 0.717) is 31.6 Å². The molecule has 0 heterocycles. The maximum absolute atomic E-state index is 13.9. The molecule has 3 aromatic carbocycles. The zero-order valence-corrected chi connectivity index (χ0v) is 24.3. The molecule has 0 fully saturated rings. The van der Waals surface area contributed by atoms with Crippen LogP contribution >= 0.6 is 0 Å². The van der Waals surface area contributed by atoms with Crippen LogP contribution in [0.4, 0.5) is 18.0 Å². The Morgan fingerprint density at radius 3 is 1.90 bits per heavy atom. The van der Waals surface area contributed by atoms with E-state index in [1.807, 2.05) is 6.07 Å². The van der Waals surface area contributed by atoms with Crippen LogP contribution in [0.3, 0.4) is 0 Å². The van der Waals surface area contributed by atoms with Crippen molar-refractivity contribution in [3.05, 3.63) is 95.6 Å². The molecule has 42 heavy (non-hydrogen) atoms. The second kappa shape index (κ2) is 18.0. The fourth-order valence-corrected chi connectivity index (χ4v) is 4.94. The van der Waals surface area contributed by atoms with Gasteiger partial charge < -0.3 is 9.47 Å². The molecule has 7 heteroatoms. The number of unbranched alkanes of at least 4 members (excludes halogenated alkanes) is 6. The normalized spacial score (nSPS) is 13.2. The van der Waals surface area contributed by atoms with Crippen LogP contribution in [-0.2, 0) is 9.47 Å². The topological polar surface area (TPSA) is 52.6 Å². The Kier molecular flexibility index (Phi) is 14.1. The third-order valence-corrected chi connectivity index (χ3v) is 7.35. The summed E-state index contributed by atoms with van der Waals surface area (Å²) in [6.07, 6.45) is 1.38. The van der Waals surface area contributed by atoms with Crippen molar-refractivity contribution in [3.8, 4) is 11.1 Å². The summed E-state index contributed by atoms with van der Waals surface area (Å²) >= 11 is 0. The van der Waals surface area contributed by atoms with Crippen molar-refractivity contribution in [2.45, 2.75) is 89.6 Å². The molecule has 0 bridgehead atoms. The van der Waals surface area contributed by atoms with Gasteiger partial charge in [0.25, 0.3) is 6.36 Å². The average molecular weight is 583 g/mol. The third kappa shape index (κ3) is 10.7. The molecule has 0 aliphatic rings. The highest BCUT2D eigenvalue weighted by molar-refractivity contribution is 5.95. The molecule has 0 aliphatic heterocycles. The lowest BCUT2D eigenvalue weighted by Gasteiger charge is -2.19. The van der Waals surface area contributed by atoms with Gasteiger partial charge >= 0.3 is 12.1 Å². The Bertz CT molecular complexity index is 1200. The number of halogens is 3. The minimum absolute atomic E-state index is 0.0728. The monoisotopic (exact) mass is 582 g/mol. The van der Waals surface area contributed by atoms with Crippen LogP contribution in [0.25, 0.3) is 11.1 Å². The van der Waals surface area contributed by atoms with Gasteiger partial charge in [0.1, 0.15) is 0 Å². The highest BCUT2D eigenvalue weighted by Gasteiger charge is 2.26. The van der Waals surface area contributed by atoms with E-state index in [1.54, 1.807) is 12.1 Å². The summed E-state index contributed by atoms with van der Waals surface area (Å²) in [7, 11) is 0. The molecule has 0 aromatic heterocycles. The molecule has 0 saturated carbocycles. The van der Waals surface area contributed by atoms with Crippen molar-refractivity contribution in [1.29, 1.82) is 0 Å². The maximum atomic E-state index is 13.9. The van der Waals surface area contributed by atoms with Crippen molar-refractivity contribution < 1.29 is 32.2 Å². The quantitative estimate of drug-likeness (QED) is 0.0903. The van der Waals surface area contributed by atoms with Gasteiger partial charge in [-0.25, -0.2) is 14.0 Å². The van der Waals surface area contributed by atoms with Gasteiger partial charge in [0.2, 0.25) is 0 Å². The largest absolute Gasteiger partial charge is 0.519 e. The predicted octanol–water partition coefficient (Wildman–Crippen LogP) is 10.3. The number of alkyl halides is 3. The van der Waals surface area contributed by atoms with Crippen LogP contribution in [0.15, 0.2) is 78.9 Å². The lowest BCUT2D eigenvalue weighted by atomic mass is 9.86. The third-order valence-electron chi connectivity index (χ3n) is 7.35. The van der Waals surface area contributed by atoms with Gasteiger partial charge in [-0.2, -0.15) is 4.39 Å². The number of ether oxygens (including phenoxy) is 2. The molecular formula is C35H41F3O4. The molecule has 4 nitrogen and oxygen atoms in total. The second-order valence-corrected chi connectivity index (χ2v) is 10.5. The average Bonchev–Trinajstić information content (AvgIpc) is 3.01. The first-order valence-corrected chi connectivity index (χ1v) is 14.9.